The number of benzene rings is 3. The van der Waals surface area contributed by atoms with Crippen molar-refractivity contribution in [1.29, 1.82) is 0 Å². The monoisotopic (exact) mass is 474 g/mol. The highest BCUT2D eigenvalue weighted by molar-refractivity contribution is 5.56. The number of nitro groups is 1. The molecule has 9 heteroatoms. The summed E-state index contributed by atoms with van der Waals surface area (Å²) in [6.07, 6.45) is -0.196. The zero-order chi connectivity index (χ0) is 24.6. The third kappa shape index (κ3) is 6.50. The van der Waals surface area contributed by atoms with Gasteiger partial charge in [0, 0.05) is 24.2 Å². The van der Waals surface area contributed by atoms with Crippen LogP contribution in [-0.4, -0.2) is 39.4 Å². The zero-order valence-corrected chi connectivity index (χ0v) is 19.2. The van der Waals surface area contributed by atoms with Gasteiger partial charge in [0.05, 0.1) is 11.0 Å². The largest absolute Gasteiger partial charge is 0.491 e. The van der Waals surface area contributed by atoms with E-state index in [1.54, 1.807) is 12.1 Å². The number of ether oxygens (including phenoxy) is 1. The lowest BCUT2D eigenvalue weighted by molar-refractivity contribution is -0.384. The number of nitrogens with zero attached hydrogens (tertiary/aromatic N) is 3. The summed E-state index contributed by atoms with van der Waals surface area (Å²) in [5.41, 5.74) is 2.66. The fraction of sp³-hybridized carbons (Fsp3) is 0.231. The zero-order valence-electron chi connectivity index (χ0n) is 19.2. The highest BCUT2D eigenvalue weighted by Crippen LogP contribution is 2.23. The Labute approximate surface area is 202 Å². The number of para-hydroxylation sites is 1. The lowest BCUT2D eigenvalue weighted by atomic mass is 10.1. The van der Waals surface area contributed by atoms with Gasteiger partial charge in [0.2, 0.25) is 11.7 Å². The van der Waals surface area contributed by atoms with Crippen molar-refractivity contribution < 1.29 is 19.3 Å². The van der Waals surface area contributed by atoms with Crippen molar-refractivity contribution in [2.75, 3.05) is 13.2 Å². The number of aliphatic hydroxyl groups is 1. The molecule has 180 valence electrons. The van der Waals surface area contributed by atoms with Crippen molar-refractivity contribution >= 4 is 5.69 Å². The molecule has 0 bridgehead atoms. The van der Waals surface area contributed by atoms with Crippen LogP contribution in [0.15, 0.2) is 83.4 Å². The molecule has 0 unspecified atom stereocenters. The molecule has 0 aliphatic heterocycles. The minimum Gasteiger partial charge on any atom is -0.491 e. The molecule has 0 amide bonds. The van der Waals surface area contributed by atoms with E-state index in [9.17, 15) is 15.2 Å². The Hall–Kier alpha value is -4.08. The number of non-ortho nitro benzene ring substituents is 1. The van der Waals surface area contributed by atoms with Crippen LogP contribution in [-0.2, 0) is 6.42 Å². The van der Waals surface area contributed by atoms with Gasteiger partial charge >= 0.3 is 0 Å². The van der Waals surface area contributed by atoms with Gasteiger partial charge in [-0.15, -0.1) is 0 Å². The Morgan fingerprint density at radius 3 is 2.49 bits per heavy atom. The Balaban J connectivity index is 1.45. The minimum absolute atomic E-state index is 0.0111. The Morgan fingerprint density at radius 1 is 1.06 bits per heavy atom. The third-order valence-corrected chi connectivity index (χ3v) is 5.48. The second-order valence-electron chi connectivity index (χ2n) is 8.14. The molecule has 3 aromatic carbocycles. The molecule has 0 spiro atoms. The molecule has 0 saturated heterocycles. The molecular formula is C26H26N4O5. The molecule has 0 aliphatic carbocycles. The number of hydrogen-bond donors (Lipinski definition) is 2. The van der Waals surface area contributed by atoms with E-state index < -0.39 is 11.0 Å². The molecule has 0 saturated carbocycles. The van der Waals surface area contributed by atoms with E-state index in [1.807, 2.05) is 61.5 Å². The number of nitro benzene ring substituents is 1. The fourth-order valence-corrected chi connectivity index (χ4v) is 3.56. The number of aryl methyl sites for hydroxylation is 1. The van der Waals surface area contributed by atoms with Crippen LogP contribution in [0.1, 0.15) is 23.1 Å². The highest BCUT2D eigenvalue weighted by atomic mass is 16.6. The molecule has 0 aliphatic rings. The molecule has 35 heavy (non-hydrogen) atoms. The molecule has 2 atom stereocenters. The predicted molar refractivity (Wildman–Crippen MR) is 130 cm³/mol. The molecule has 2 N–H and O–H groups in total. The second-order valence-corrected chi connectivity index (χ2v) is 8.14. The molecular weight excluding hydrogens is 448 g/mol. The van der Waals surface area contributed by atoms with Crippen LogP contribution in [0.3, 0.4) is 0 Å². The number of aliphatic hydroxyl groups excluding tert-OH is 1. The summed E-state index contributed by atoms with van der Waals surface area (Å²) in [5.74, 6) is 1.42. The third-order valence-electron chi connectivity index (χ3n) is 5.48. The van der Waals surface area contributed by atoms with Gasteiger partial charge in [-0.25, -0.2) is 0 Å². The van der Waals surface area contributed by atoms with Gasteiger partial charge in [0.1, 0.15) is 18.5 Å². The molecule has 4 aromatic rings. The molecule has 0 radical (unpaired) electrons. The van der Waals surface area contributed by atoms with Crippen LogP contribution in [0.2, 0.25) is 0 Å². The summed E-state index contributed by atoms with van der Waals surface area (Å²) in [7, 11) is 0. The van der Waals surface area contributed by atoms with Crippen molar-refractivity contribution in [3.8, 4) is 17.1 Å². The molecule has 4 rings (SSSR count). The average molecular weight is 475 g/mol. The Kier molecular flexibility index (Phi) is 7.81. The van der Waals surface area contributed by atoms with Crippen LogP contribution < -0.4 is 10.1 Å². The lowest BCUT2D eigenvalue weighted by Gasteiger charge is -2.19. The van der Waals surface area contributed by atoms with Crippen LogP contribution in [0.4, 0.5) is 5.69 Å². The van der Waals surface area contributed by atoms with Gasteiger partial charge in [-0.2, -0.15) is 4.98 Å². The Morgan fingerprint density at radius 2 is 1.77 bits per heavy atom. The molecule has 1 heterocycles. The average Bonchev–Trinajstić information content (AvgIpc) is 3.37. The minimum atomic E-state index is -0.759. The van der Waals surface area contributed by atoms with E-state index >= 15 is 0 Å². The van der Waals surface area contributed by atoms with Crippen LogP contribution >= 0.6 is 0 Å². The first-order valence-corrected chi connectivity index (χ1v) is 11.2. The summed E-state index contributed by atoms with van der Waals surface area (Å²) in [5, 5.41) is 28.8. The summed E-state index contributed by atoms with van der Waals surface area (Å²) in [6, 6.07) is 23.1. The van der Waals surface area contributed by atoms with E-state index in [1.165, 1.54) is 12.1 Å². The maximum Gasteiger partial charge on any atom is 0.269 e. The maximum atomic E-state index is 10.9. The van der Waals surface area contributed by atoms with E-state index in [4.69, 9.17) is 9.26 Å². The second kappa shape index (κ2) is 11.4. The lowest BCUT2D eigenvalue weighted by Crippen LogP contribution is -2.35. The SMILES string of the molecule is Cc1ccccc1OC[C@H](O)CN[C@H](Cc1ccccc1)c1nc(-c2ccc([N+](=O)[O-])cc2)no1. The van der Waals surface area contributed by atoms with Crippen molar-refractivity contribution in [2.24, 2.45) is 0 Å². The maximum absolute atomic E-state index is 10.9. The topological polar surface area (TPSA) is 124 Å². The number of rotatable bonds is 11. The standard InChI is InChI=1S/C26H26N4O5/c1-18-7-5-6-10-24(18)34-17-22(31)16-27-23(15-19-8-3-2-4-9-19)26-28-25(29-35-26)20-11-13-21(14-12-20)30(32)33/h2-14,22-23,27,31H,15-17H2,1H3/t22-,23-/m1/s1. The van der Waals surface area contributed by atoms with Gasteiger partial charge in [-0.05, 0) is 42.7 Å². The van der Waals surface area contributed by atoms with Gasteiger partial charge < -0.3 is 19.7 Å². The molecule has 1 aromatic heterocycles. The van der Waals surface area contributed by atoms with Crippen molar-refractivity contribution in [3.63, 3.8) is 0 Å². The number of nitrogens with one attached hydrogen (secondary N) is 1. The van der Waals surface area contributed by atoms with Crippen LogP contribution in [0.25, 0.3) is 11.4 Å². The van der Waals surface area contributed by atoms with Crippen molar-refractivity contribution in [2.45, 2.75) is 25.5 Å². The molecule has 0 fully saturated rings. The quantitative estimate of drug-likeness (QED) is 0.244. The summed E-state index contributed by atoms with van der Waals surface area (Å²) in [4.78, 5) is 15.0. The van der Waals surface area contributed by atoms with Crippen molar-refractivity contribution in [1.82, 2.24) is 15.5 Å². The first-order chi connectivity index (χ1) is 17.0. The number of aromatic nitrogens is 2. The van der Waals surface area contributed by atoms with E-state index in [-0.39, 0.29) is 24.9 Å². The normalized spacial score (nSPS) is 12.7. The van der Waals surface area contributed by atoms with Gasteiger partial charge in [0.25, 0.3) is 5.69 Å². The van der Waals surface area contributed by atoms with Crippen LogP contribution in [0.5, 0.6) is 5.75 Å². The summed E-state index contributed by atoms with van der Waals surface area (Å²) < 4.78 is 11.3. The summed E-state index contributed by atoms with van der Waals surface area (Å²) >= 11 is 0. The predicted octanol–water partition coefficient (Wildman–Crippen LogP) is 4.27. The van der Waals surface area contributed by atoms with E-state index in [0.717, 1.165) is 16.9 Å². The van der Waals surface area contributed by atoms with Gasteiger partial charge in [0.15, 0.2) is 0 Å². The summed E-state index contributed by atoms with van der Waals surface area (Å²) in [6.45, 7) is 2.33. The van der Waals surface area contributed by atoms with E-state index in [2.05, 4.69) is 15.5 Å². The first kappa shape index (κ1) is 24.1. The van der Waals surface area contributed by atoms with Gasteiger partial charge in [-0.3, -0.25) is 10.1 Å². The van der Waals surface area contributed by atoms with Crippen molar-refractivity contribution in [3.05, 3.63) is 106 Å². The van der Waals surface area contributed by atoms with E-state index in [0.29, 0.717) is 23.7 Å². The smallest absolute Gasteiger partial charge is 0.269 e. The molecule has 9 nitrogen and oxygen atoms in total. The van der Waals surface area contributed by atoms with Gasteiger partial charge in [-0.1, -0.05) is 53.7 Å². The number of hydrogen-bond acceptors (Lipinski definition) is 8. The Bertz CT molecular complexity index is 1240. The first-order valence-electron chi connectivity index (χ1n) is 11.2. The van der Waals surface area contributed by atoms with Crippen LogP contribution in [0, 0.1) is 17.0 Å². The fourth-order valence-electron chi connectivity index (χ4n) is 3.56. The highest BCUT2D eigenvalue weighted by Gasteiger charge is 2.22.